The average Bonchev–Trinajstić information content (AvgIpc) is 3.33. The van der Waals surface area contributed by atoms with Crippen LogP contribution in [0.25, 0.3) is 0 Å². The molecular formula is C23H27ClN2O3S. The summed E-state index contributed by atoms with van der Waals surface area (Å²) in [6.07, 6.45) is 5.13. The number of carbonyl (C=O) groups excluding carboxylic acids is 1. The zero-order chi connectivity index (χ0) is 21.3. The topological polar surface area (TPSA) is 75.3 Å². The van der Waals surface area contributed by atoms with E-state index in [0.717, 1.165) is 17.9 Å². The Morgan fingerprint density at radius 2 is 1.77 bits per heavy atom. The van der Waals surface area contributed by atoms with Gasteiger partial charge in [0.15, 0.2) is 0 Å². The number of carbonyl (C=O) groups is 1. The lowest BCUT2D eigenvalue weighted by atomic mass is 9.84. The highest BCUT2D eigenvalue weighted by Gasteiger charge is 2.42. The lowest BCUT2D eigenvalue weighted by Crippen LogP contribution is -2.40. The molecule has 2 fully saturated rings. The molecule has 0 spiro atoms. The van der Waals surface area contributed by atoms with Gasteiger partial charge >= 0.3 is 0 Å². The number of hydrogen-bond acceptors (Lipinski definition) is 3. The summed E-state index contributed by atoms with van der Waals surface area (Å²) in [7, 11) is -3.59. The monoisotopic (exact) mass is 446 g/mol. The minimum Gasteiger partial charge on any atom is -0.326 e. The number of halogens is 1. The molecule has 4 rings (SSSR count). The fourth-order valence-electron chi connectivity index (χ4n) is 5.02. The van der Waals surface area contributed by atoms with Crippen LogP contribution in [-0.4, -0.2) is 20.4 Å². The Hall–Kier alpha value is -1.89. The van der Waals surface area contributed by atoms with Gasteiger partial charge in [-0.15, -0.1) is 0 Å². The van der Waals surface area contributed by atoms with Crippen LogP contribution >= 0.6 is 11.6 Å². The zero-order valence-corrected chi connectivity index (χ0v) is 18.5. The molecule has 2 N–H and O–H groups in total. The van der Waals surface area contributed by atoms with Crippen molar-refractivity contribution in [1.29, 1.82) is 0 Å². The molecule has 0 aromatic heterocycles. The van der Waals surface area contributed by atoms with Gasteiger partial charge in [-0.1, -0.05) is 30.2 Å². The minimum atomic E-state index is -3.59. The standard InChI is InChI=1S/C23H27ClN2O3S/c1-15(22-13-17-2-5-18(22)12-17)26-30(28,29)21-10-8-20(9-11-21)25-23(27)14-16-3-6-19(24)7-4-16/h3-4,6-11,15,17-18,22,26H,2,5,12-14H2,1H3,(H,25,27)/t15-,17-,18-,22-/m1/s1. The summed E-state index contributed by atoms with van der Waals surface area (Å²) < 4.78 is 28.5. The van der Waals surface area contributed by atoms with Gasteiger partial charge in [0.2, 0.25) is 15.9 Å². The summed E-state index contributed by atoms with van der Waals surface area (Å²) in [5, 5.41) is 3.42. The quantitative estimate of drug-likeness (QED) is 0.651. The van der Waals surface area contributed by atoms with Gasteiger partial charge in [-0.05, 0) is 85.9 Å². The van der Waals surface area contributed by atoms with E-state index >= 15 is 0 Å². The number of benzene rings is 2. The van der Waals surface area contributed by atoms with Crippen molar-refractivity contribution in [3.63, 3.8) is 0 Å². The Bertz CT molecular complexity index is 1010. The Balaban J connectivity index is 1.35. The van der Waals surface area contributed by atoms with Gasteiger partial charge in [0.25, 0.3) is 0 Å². The Morgan fingerprint density at radius 3 is 2.37 bits per heavy atom. The summed E-state index contributed by atoms with van der Waals surface area (Å²) in [6.45, 7) is 1.98. The number of hydrogen-bond donors (Lipinski definition) is 2. The third-order valence-corrected chi connectivity index (χ3v) is 8.33. The van der Waals surface area contributed by atoms with Crippen molar-refractivity contribution >= 4 is 33.2 Å². The zero-order valence-electron chi connectivity index (χ0n) is 17.0. The Labute approximate surface area is 183 Å². The summed E-state index contributed by atoms with van der Waals surface area (Å²) in [5.41, 5.74) is 1.42. The van der Waals surface area contributed by atoms with E-state index in [1.807, 2.05) is 6.92 Å². The van der Waals surface area contributed by atoms with Crippen molar-refractivity contribution < 1.29 is 13.2 Å². The van der Waals surface area contributed by atoms with Gasteiger partial charge < -0.3 is 5.32 Å². The molecule has 2 saturated carbocycles. The number of sulfonamides is 1. The smallest absolute Gasteiger partial charge is 0.240 e. The molecule has 0 heterocycles. The molecule has 2 aliphatic rings. The number of rotatable bonds is 7. The number of fused-ring (bicyclic) bond motifs is 2. The van der Waals surface area contributed by atoms with Crippen molar-refractivity contribution in [1.82, 2.24) is 4.72 Å². The number of anilines is 1. The predicted molar refractivity (Wildman–Crippen MR) is 119 cm³/mol. The van der Waals surface area contributed by atoms with Gasteiger partial charge in [0.05, 0.1) is 11.3 Å². The molecule has 4 atom stereocenters. The van der Waals surface area contributed by atoms with Crippen LogP contribution in [-0.2, 0) is 21.2 Å². The molecule has 0 aliphatic heterocycles. The van der Waals surface area contributed by atoms with Crippen LogP contribution in [0, 0.1) is 17.8 Å². The van der Waals surface area contributed by atoms with E-state index in [4.69, 9.17) is 11.6 Å². The van der Waals surface area contributed by atoms with E-state index in [2.05, 4.69) is 10.0 Å². The van der Waals surface area contributed by atoms with E-state index < -0.39 is 10.0 Å². The first-order valence-electron chi connectivity index (χ1n) is 10.5. The third kappa shape index (κ3) is 4.88. The second-order valence-corrected chi connectivity index (χ2v) is 10.8. The highest BCUT2D eigenvalue weighted by Crippen LogP contribution is 2.49. The maximum absolute atomic E-state index is 12.8. The van der Waals surface area contributed by atoms with Crippen molar-refractivity contribution in [3.8, 4) is 0 Å². The molecule has 30 heavy (non-hydrogen) atoms. The lowest BCUT2D eigenvalue weighted by molar-refractivity contribution is -0.115. The van der Waals surface area contributed by atoms with Gasteiger partial charge in [-0.2, -0.15) is 0 Å². The van der Waals surface area contributed by atoms with Crippen molar-refractivity contribution in [3.05, 3.63) is 59.1 Å². The number of nitrogens with one attached hydrogen (secondary N) is 2. The van der Waals surface area contributed by atoms with Crippen LogP contribution in [0.3, 0.4) is 0 Å². The van der Waals surface area contributed by atoms with Gasteiger partial charge in [0, 0.05) is 16.8 Å². The van der Waals surface area contributed by atoms with E-state index in [-0.39, 0.29) is 23.3 Å². The van der Waals surface area contributed by atoms with Crippen molar-refractivity contribution in [2.45, 2.75) is 50.0 Å². The number of amides is 1. The summed E-state index contributed by atoms with van der Waals surface area (Å²) >= 11 is 5.86. The first-order valence-corrected chi connectivity index (χ1v) is 12.3. The van der Waals surface area contributed by atoms with Crippen LogP contribution in [0.15, 0.2) is 53.4 Å². The molecule has 1 amide bonds. The first-order chi connectivity index (χ1) is 14.3. The van der Waals surface area contributed by atoms with Crippen molar-refractivity contribution in [2.75, 3.05) is 5.32 Å². The molecular weight excluding hydrogens is 420 g/mol. The molecule has 160 valence electrons. The average molecular weight is 447 g/mol. The fraction of sp³-hybridized carbons (Fsp3) is 0.435. The van der Waals surface area contributed by atoms with Crippen LogP contribution in [0.2, 0.25) is 5.02 Å². The van der Waals surface area contributed by atoms with E-state index in [0.29, 0.717) is 22.5 Å². The first kappa shape index (κ1) is 21.3. The highest BCUT2D eigenvalue weighted by molar-refractivity contribution is 7.89. The van der Waals surface area contributed by atoms with E-state index in [9.17, 15) is 13.2 Å². The van der Waals surface area contributed by atoms with Gasteiger partial charge in [-0.25, -0.2) is 13.1 Å². The van der Waals surface area contributed by atoms with Crippen LogP contribution in [0.1, 0.15) is 38.2 Å². The SMILES string of the molecule is C[C@@H](NS(=O)(=O)c1ccc(NC(=O)Cc2ccc(Cl)cc2)cc1)[C@H]1C[C@@H]2CC[C@@H]1C2. The molecule has 2 bridgehead atoms. The van der Waals surface area contributed by atoms with Crippen molar-refractivity contribution in [2.24, 2.45) is 17.8 Å². The van der Waals surface area contributed by atoms with E-state index in [1.54, 1.807) is 36.4 Å². The summed E-state index contributed by atoms with van der Waals surface area (Å²) in [5.74, 6) is 1.70. The van der Waals surface area contributed by atoms with Gasteiger partial charge in [0.1, 0.15) is 0 Å². The normalized spacial score (nSPS) is 24.0. The fourth-order valence-corrected chi connectivity index (χ4v) is 6.44. The molecule has 7 heteroatoms. The van der Waals surface area contributed by atoms with Gasteiger partial charge in [-0.3, -0.25) is 4.79 Å². The third-order valence-electron chi connectivity index (χ3n) is 6.50. The Morgan fingerprint density at radius 1 is 1.07 bits per heavy atom. The Kier molecular flexibility index (Phi) is 6.19. The van der Waals surface area contributed by atoms with Crippen LogP contribution in [0.5, 0.6) is 0 Å². The van der Waals surface area contributed by atoms with Crippen LogP contribution in [0.4, 0.5) is 5.69 Å². The molecule has 0 saturated heterocycles. The molecule has 2 aromatic carbocycles. The molecule has 2 aromatic rings. The molecule has 2 aliphatic carbocycles. The summed E-state index contributed by atoms with van der Waals surface area (Å²) in [6, 6.07) is 13.3. The molecule has 0 unspecified atom stereocenters. The summed E-state index contributed by atoms with van der Waals surface area (Å²) in [4.78, 5) is 12.4. The lowest BCUT2D eigenvalue weighted by Gasteiger charge is -2.28. The second kappa shape index (κ2) is 8.69. The maximum atomic E-state index is 12.8. The minimum absolute atomic E-state index is 0.0657. The largest absolute Gasteiger partial charge is 0.326 e. The maximum Gasteiger partial charge on any atom is 0.240 e. The van der Waals surface area contributed by atoms with E-state index in [1.165, 1.54) is 31.4 Å². The second-order valence-electron chi connectivity index (χ2n) is 8.62. The predicted octanol–water partition coefficient (Wildman–Crippen LogP) is 4.62. The highest BCUT2D eigenvalue weighted by atomic mass is 35.5. The molecule has 5 nitrogen and oxygen atoms in total. The molecule has 0 radical (unpaired) electrons. The van der Waals surface area contributed by atoms with Crippen LogP contribution < -0.4 is 10.0 Å².